The number of nitrogens with zero attached hydrogens (tertiary/aromatic N) is 1. The van der Waals surface area contributed by atoms with Crippen LogP contribution in [0, 0.1) is 5.92 Å². The Morgan fingerprint density at radius 1 is 0.875 bits per heavy atom. The second-order valence-corrected chi connectivity index (χ2v) is 14.8. The molecule has 0 unspecified atom stereocenters. The van der Waals surface area contributed by atoms with Crippen LogP contribution >= 0.6 is 6.89 Å². The maximum Gasteiger partial charge on any atom is 0.316 e. The van der Waals surface area contributed by atoms with Gasteiger partial charge in [0.2, 0.25) is 11.5 Å². The summed E-state index contributed by atoms with van der Waals surface area (Å²) in [5, 5.41) is 16.1. The highest BCUT2D eigenvalue weighted by Gasteiger charge is 2.55. The molecule has 5 rings (SSSR count). The molecule has 2 N–H and O–H groups in total. The Bertz CT molecular complexity index is 1750. The third-order valence-electron chi connectivity index (χ3n) is 8.41. The summed E-state index contributed by atoms with van der Waals surface area (Å²) in [7, 11) is 0. The number of Topliss-reactive ketones (excluding diaryl/α,β-unsaturated/α-hetero) is 1. The number of aliphatic hydroxyl groups is 1. The van der Waals surface area contributed by atoms with Crippen LogP contribution in [0.2, 0.25) is 0 Å². The molecule has 4 aromatic rings. The molecule has 2 amide bonds. The lowest BCUT2D eigenvalue weighted by Crippen LogP contribution is -2.67. The maximum absolute atomic E-state index is 14.3. The molecular weight excluding hydrogens is 623 g/mol. The molecule has 3 atom stereocenters. The van der Waals surface area contributed by atoms with Crippen molar-refractivity contribution in [2.75, 3.05) is 6.54 Å². The molecule has 48 heavy (non-hydrogen) atoms. The van der Waals surface area contributed by atoms with E-state index in [1.54, 1.807) is 18.2 Å². The summed E-state index contributed by atoms with van der Waals surface area (Å²) in [5.41, 5.74) is 0.751. The summed E-state index contributed by atoms with van der Waals surface area (Å²) in [6.45, 7) is 4.33. The smallest absolute Gasteiger partial charge is 0.316 e. The van der Waals surface area contributed by atoms with Gasteiger partial charge in [-0.2, -0.15) is 0 Å². The first-order valence-corrected chi connectivity index (χ1v) is 17.7. The summed E-state index contributed by atoms with van der Waals surface area (Å²) in [6.07, 6.45) is 0.0598. The van der Waals surface area contributed by atoms with E-state index in [9.17, 15) is 24.3 Å². The van der Waals surface area contributed by atoms with Crippen LogP contribution < -0.4 is 21.2 Å². The van der Waals surface area contributed by atoms with E-state index in [2.05, 4.69) is 11.9 Å². The van der Waals surface area contributed by atoms with Crippen LogP contribution in [0.15, 0.2) is 128 Å². The van der Waals surface area contributed by atoms with E-state index in [1.165, 1.54) is 24.0 Å². The van der Waals surface area contributed by atoms with E-state index in [0.29, 0.717) is 17.7 Å². The lowest BCUT2D eigenvalue weighted by molar-refractivity contribution is -0.157. The number of β-lactam (4-membered cyclic amide) rings is 1. The normalized spacial score (nSPS) is 16.3. The third kappa shape index (κ3) is 6.68. The van der Waals surface area contributed by atoms with Crippen LogP contribution in [-0.2, 0) is 14.3 Å². The number of aliphatic hydroxyl groups excluding tert-OH is 1. The molecule has 1 saturated heterocycles. The topological polar surface area (TPSA) is 113 Å². The minimum absolute atomic E-state index is 0.111. The van der Waals surface area contributed by atoms with Crippen molar-refractivity contribution < 1.29 is 29.0 Å². The van der Waals surface area contributed by atoms with Gasteiger partial charge in [0.1, 0.15) is 0 Å². The molecule has 4 aromatic carbocycles. The number of hydrogen-bond donors (Lipinski definition) is 2. The first-order valence-electron chi connectivity index (χ1n) is 15.9. The Balaban J connectivity index is 1.78. The van der Waals surface area contributed by atoms with E-state index >= 15 is 0 Å². The monoisotopic (exact) mass is 662 g/mol. The van der Waals surface area contributed by atoms with E-state index in [4.69, 9.17) is 4.74 Å². The lowest BCUT2D eigenvalue weighted by Gasteiger charge is -2.50. The van der Waals surface area contributed by atoms with Gasteiger partial charge in [0, 0.05) is 31.0 Å². The van der Waals surface area contributed by atoms with Crippen LogP contribution in [0.1, 0.15) is 47.4 Å². The Morgan fingerprint density at radius 2 is 1.40 bits per heavy atom. The number of rotatable bonds is 13. The highest BCUT2D eigenvalue weighted by Crippen LogP contribution is 2.50. The van der Waals surface area contributed by atoms with Gasteiger partial charge in [0.25, 0.3) is 5.91 Å². The third-order valence-corrected chi connectivity index (χ3v) is 12.5. The van der Waals surface area contributed by atoms with Gasteiger partial charge in [-0.05, 0) is 41.9 Å². The number of carbonyl (C=O) groups excluding carboxylic acids is 4. The van der Waals surface area contributed by atoms with Crippen molar-refractivity contribution in [3.8, 4) is 0 Å². The lowest BCUT2D eigenvalue weighted by atomic mass is 9.80. The minimum atomic E-state index is -3.14. The molecule has 9 heteroatoms. The van der Waals surface area contributed by atoms with Crippen molar-refractivity contribution >= 4 is 52.0 Å². The molecule has 1 aliphatic heterocycles. The molecule has 246 valence electrons. The number of esters is 1. The Labute approximate surface area is 281 Å². The fraction of sp³-hybridized carbons (Fsp3) is 0.205. The Morgan fingerprint density at radius 3 is 1.88 bits per heavy atom. The van der Waals surface area contributed by atoms with E-state index < -0.39 is 36.8 Å². The number of hydrogen-bond acceptors (Lipinski definition) is 6. The van der Waals surface area contributed by atoms with Crippen molar-refractivity contribution in [2.24, 2.45) is 5.92 Å². The molecular formula is C39H39N2O6P. The number of benzene rings is 4. The predicted molar refractivity (Wildman–Crippen MR) is 190 cm³/mol. The van der Waals surface area contributed by atoms with E-state index in [0.717, 1.165) is 15.9 Å². The number of ketones is 1. The van der Waals surface area contributed by atoms with Gasteiger partial charge in [-0.15, -0.1) is 6.58 Å². The largest absolute Gasteiger partial charge is 0.408 e. The first-order chi connectivity index (χ1) is 23.2. The summed E-state index contributed by atoms with van der Waals surface area (Å²) >= 11 is 0. The van der Waals surface area contributed by atoms with Crippen LogP contribution in [-0.4, -0.2) is 57.9 Å². The van der Waals surface area contributed by atoms with Crippen molar-refractivity contribution in [1.29, 1.82) is 0 Å². The zero-order chi connectivity index (χ0) is 34.3. The Hall–Kier alpha value is -5.04. The Kier molecular flexibility index (Phi) is 10.9. The molecule has 1 heterocycles. The quantitative estimate of drug-likeness (QED) is 0.0721. The molecule has 1 fully saturated rings. The fourth-order valence-electron chi connectivity index (χ4n) is 6.23. The van der Waals surface area contributed by atoms with Crippen molar-refractivity contribution in [3.63, 3.8) is 0 Å². The molecule has 0 spiro atoms. The SMILES string of the molecule is C=CCC(=O)OC(N1C(=O)[C@H]([C@@H](C)O)[C@H]1CC(=O)c1cccc(C(=O)NCC)c1)=P(c1ccccc1)(c1ccccc1)c1ccccc1. The van der Waals surface area contributed by atoms with Gasteiger partial charge in [0.15, 0.2) is 5.78 Å². The first kappa shape index (κ1) is 34.3. The van der Waals surface area contributed by atoms with Crippen molar-refractivity contribution in [3.05, 3.63) is 139 Å². The van der Waals surface area contributed by atoms with Gasteiger partial charge < -0.3 is 15.2 Å². The summed E-state index contributed by atoms with van der Waals surface area (Å²) in [6, 6.07) is 34.4. The summed E-state index contributed by atoms with van der Waals surface area (Å²) in [5.74, 6) is -2.62. The van der Waals surface area contributed by atoms with E-state index in [1.807, 2.05) is 97.9 Å². The van der Waals surface area contributed by atoms with Crippen molar-refractivity contribution in [1.82, 2.24) is 10.2 Å². The minimum Gasteiger partial charge on any atom is -0.408 e. The number of nitrogens with one attached hydrogen (secondary N) is 1. The molecule has 1 aliphatic rings. The highest BCUT2D eigenvalue weighted by atomic mass is 31.2. The number of ether oxygens (including phenoxy) is 1. The predicted octanol–water partition coefficient (Wildman–Crippen LogP) is 4.42. The van der Waals surface area contributed by atoms with Crippen molar-refractivity contribution in [2.45, 2.75) is 38.8 Å². The molecule has 8 nitrogen and oxygen atoms in total. The van der Waals surface area contributed by atoms with E-state index in [-0.39, 0.29) is 30.1 Å². The van der Waals surface area contributed by atoms with Gasteiger partial charge in [0.05, 0.1) is 24.5 Å². The second kappa shape index (κ2) is 15.2. The van der Waals surface area contributed by atoms with Gasteiger partial charge in [-0.1, -0.05) is 109 Å². The average molecular weight is 663 g/mol. The summed E-state index contributed by atoms with van der Waals surface area (Å²) in [4.78, 5) is 55.6. The fourth-order valence-corrected chi connectivity index (χ4v) is 10.5. The van der Waals surface area contributed by atoms with Gasteiger partial charge >= 0.3 is 5.97 Å². The zero-order valence-electron chi connectivity index (χ0n) is 27.0. The summed E-state index contributed by atoms with van der Waals surface area (Å²) < 4.78 is 6.33. The standard InChI is InChI=1S/C39H39N2O6P/c1-4-16-35(44)47-39(48(30-19-9-6-10-20-30,31-21-11-7-12-22-31)32-23-13-8-14-24-32)41-33(36(27(3)42)38(41)46)26-34(43)28-17-15-18-29(25-28)37(45)40-5-2/h4,6-15,17-25,27,33,36,42H,1,5,16,26H2,2-3H3,(H,40,45)/t27-,33-,36-/m1/s1. The molecule has 0 aromatic heterocycles. The van der Waals surface area contributed by atoms with Crippen LogP contribution in [0.4, 0.5) is 0 Å². The maximum atomic E-state index is 14.3. The number of amides is 2. The van der Waals surface area contributed by atoms with Gasteiger partial charge in [-0.25, -0.2) is 0 Å². The average Bonchev–Trinajstić information content (AvgIpc) is 3.10. The number of likely N-dealkylation sites (tertiary alicyclic amines) is 1. The molecule has 0 bridgehead atoms. The highest BCUT2D eigenvalue weighted by molar-refractivity contribution is 7.95. The second-order valence-electron chi connectivity index (χ2n) is 11.5. The van der Waals surface area contributed by atoms with Crippen LogP contribution in [0.25, 0.3) is 0 Å². The van der Waals surface area contributed by atoms with Crippen LogP contribution in [0.3, 0.4) is 0 Å². The zero-order valence-corrected chi connectivity index (χ0v) is 27.9. The van der Waals surface area contributed by atoms with Gasteiger partial charge in [-0.3, -0.25) is 24.1 Å². The molecule has 0 aliphatic carbocycles. The number of carbonyl (C=O) groups is 4. The van der Waals surface area contributed by atoms with Crippen LogP contribution in [0.5, 0.6) is 0 Å². The molecule has 0 saturated carbocycles. The molecule has 0 radical (unpaired) electrons.